The molecule has 5 N–H and O–H groups in total. The van der Waals surface area contributed by atoms with Gasteiger partial charge in [0.15, 0.2) is 0 Å². The fourth-order valence-corrected chi connectivity index (χ4v) is 2.92. The molecule has 2 heterocycles. The lowest BCUT2D eigenvalue weighted by Crippen LogP contribution is -2.23. The highest BCUT2D eigenvalue weighted by molar-refractivity contribution is 6.10. The van der Waals surface area contributed by atoms with Crippen molar-refractivity contribution in [3.63, 3.8) is 0 Å². The van der Waals surface area contributed by atoms with E-state index in [1.807, 2.05) is 18.2 Å². The van der Waals surface area contributed by atoms with Crippen LogP contribution in [0.1, 0.15) is 22.3 Å². The molecule has 1 amide bonds. The summed E-state index contributed by atoms with van der Waals surface area (Å²) in [6.45, 7) is 1.83. The van der Waals surface area contributed by atoms with Gasteiger partial charge in [-0.15, -0.1) is 0 Å². The van der Waals surface area contributed by atoms with Crippen LogP contribution < -0.4 is 16.4 Å². The lowest BCUT2D eigenvalue weighted by molar-refractivity contribution is -0.111. The monoisotopic (exact) mass is 347 g/mol. The molecule has 1 aliphatic heterocycles. The minimum atomic E-state index is -0.221. The van der Waals surface area contributed by atoms with Crippen LogP contribution in [0, 0.1) is 5.41 Å². The molecule has 0 atom stereocenters. The van der Waals surface area contributed by atoms with E-state index in [0.717, 1.165) is 36.3 Å². The number of hydrogen-bond acceptors (Lipinski definition) is 5. The second kappa shape index (κ2) is 8.22. The van der Waals surface area contributed by atoms with Gasteiger partial charge in [0.2, 0.25) is 5.91 Å². The summed E-state index contributed by atoms with van der Waals surface area (Å²) < 4.78 is 0. The Hall–Kier alpha value is -3.25. The number of rotatable bonds is 5. The molecule has 6 nitrogen and oxygen atoms in total. The fraction of sp³-hybridized carbons (Fsp3) is 0.150. The van der Waals surface area contributed by atoms with Crippen LogP contribution in [0.2, 0.25) is 0 Å². The topological polar surface area (TPSA) is 104 Å². The molecule has 1 aromatic heterocycles. The van der Waals surface area contributed by atoms with Crippen LogP contribution in [0.5, 0.6) is 0 Å². The lowest BCUT2D eigenvalue weighted by Gasteiger charge is -2.17. The summed E-state index contributed by atoms with van der Waals surface area (Å²) in [6, 6.07) is 7.75. The molecule has 0 fully saturated rings. The molecule has 1 aliphatic rings. The molecule has 0 unspecified atom stereocenters. The molecule has 0 radical (unpaired) electrons. The molecule has 0 saturated carbocycles. The smallest absolute Gasteiger partial charge is 0.248 e. The Balaban J connectivity index is 1.74. The quantitative estimate of drug-likeness (QED) is 0.492. The maximum absolute atomic E-state index is 12.3. The summed E-state index contributed by atoms with van der Waals surface area (Å²) in [5.74, 6) is -0.221. The number of benzene rings is 1. The second-order valence-corrected chi connectivity index (χ2v) is 5.96. The van der Waals surface area contributed by atoms with Gasteiger partial charge in [0.25, 0.3) is 0 Å². The first kappa shape index (κ1) is 17.6. The van der Waals surface area contributed by atoms with Gasteiger partial charge in [-0.25, -0.2) is 0 Å². The molecule has 132 valence electrons. The molecule has 0 saturated heterocycles. The van der Waals surface area contributed by atoms with Crippen LogP contribution in [0.3, 0.4) is 0 Å². The fourth-order valence-electron chi connectivity index (χ4n) is 2.92. The summed E-state index contributed by atoms with van der Waals surface area (Å²) in [6.07, 6.45) is 9.90. The predicted octanol–water partition coefficient (Wildman–Crippen LogP) is 2.33. The molecule has 0 bridgehead atoms. The van der Waals surface area contributed by atoms with Crippen LogP contribution in [0.4, 0.5) is 5.69 Å². The molecule has 2 aromatic rings. The molecular weight excluding hydrogens is 326 g/mol. The number of hydrogen-bond donors (Lipinski definition) is 4. The zero-order valence-corrected chi connectivity index (χ0v) is 14.3. The van der Waals surface area contributed by atoms with Crippen molar-refractivity contribution in [3.05, 3.63) is 71.2 Å². The molecular formula is C20H21N5O. The van der Waals surface area contributed by atoms with E-state index in [0.29, 0.717) is 5.57 Å². The van der Waals surface area contributed by atoms with Gasteiger partial charge in [-0.2, -0.15) is 0 Å². The third-order valence-corrected chi connectivity index (χ3v) is 4.27. The lowest BCUT2D eigenvalue weighted by atomic mass is 10.0. The van der Waals surface area contributed by atoms with Crippen molar-refractivity contribution in [2.45, 2.75) is 13.0 Å². The Kier molecular flexibility index (Phi) is 5.56. The molecule has 1 aromatic carbocycles. The number of pyridine rings is 1. The van der Waals surface area contributed by atoms with Crippen molar-refractivity contribution in [2.75, 3.05) is 11.9 Å². The van der Waals surface area contributed by atoms with E-state index >= 15 is 0 Å². The number of allylic oxidation sites excluding steroid dienone is 1. The van der Waals surface area contributed by atoms with Gasteiger partial charge in [-0.3, -0.25) is 9.78 Å². The van der Waals surface area contributed by atoms with Crippen molar-refractivity contribution in [1.29, 1.82) is 5.41 Å². The van der Waals surface area contributed by atoms with Gasteiger partial charge >= 0.3 is 0 Å². The number of carbonyl (C=O) groups excluding carboxylic acids is 1. The summed E-state index contributed by atoms with van der Waals surface area (Å²) in [4.78, 5) is 16.3. The van der Waals surface area contributed by atoms with Crippen LogP contribution in [0.15, 0.2) is 48.9 Å². The van der Waals surface area contributed by atoms with Crippen molar-refractivity contribution in [3.8, 4) is 0 Å². The Morgan fingerprint density at radius 3 is 3.00 bits per heavy atom. The number of carbonyl (C=O) groups is 1. The normalized spacial score (nSPS) is 14.1. The molecule has 6 heteroatoms. The standard InChI is InChI=1S/C20H21N5O/c21-10-17(11-22)19-6-8-24-13-16(19)2-4-20(26)25-18-3-1-15-12-23-7-5-14(15)9-18/h1-4,6,8-11,13,21,23H,5,7,12,22H2,(H,25,26)/b4-2+,17-11+,21-10?. The third-order valence-electron chi connectivity index (χ3n) is 4.27. The van der Waals surface area contributed by atoms with Crippen LogP contribution in [0.25, 0.3) is 11.6 Å². The van der Waals surface area contributed by atoms with Crippen molar-refractivity contribution in [2.24, 2.45) is 5.73 Å². The zero-order chi connectivity index (χ0) is 18.4. The summed E-state index contributed by atoms with van der Waals surface area (Å²) in [5, 5.41) is 13.7. The highest BCUT2D eigenvalue weighted by Crippen LogP contribution is 2.20. The van der Waals surface area contributed by atoms with Crippen molar-refractivity contribution in [1.82, 2.24) is 10.3 Å². The molecule has 0 spiro atoms. The molecule has 26 heavy (non-hydrogen) atoms. The largest absolute Gasteiger partial charge is 0.404 e. The van der Waals surface area contributed by atoms with E-state index in [1.54, 1.807) is 24.5 Å². The van der Waals surface area contributed by atoms with Crippen molar-refractivity contribution >= 4 is 29.5 Å². The Bertz CT molecular complexity index is 886. The average Bonchev–Trinajstić information content (AvgIpc) is 2.68. The van der Waals surface area contributed by atoms with E-state index in [-0.39, 0.29) is 5.91 Å². The van der Waals surface area contributed by atoms with Gasteiger partial charge in [0, 0.05) is 54.3 Å². The van der Waals surface area contributed by atoms with E-state index < -0.39 is 0 Å². The Labute approximate surface area is 152 Å². The van der Waals surface area contributed by atoms with Crippen LogP contribution in [-0.2, 0) is 17.8 Å². The number of nitrogens with one attached hydrogen (secondary N) is 3. The SMILES string of the molecule is N=C/C(=C\N)c1ccncc1/C=C/C(=O)Nc1ccc2c(c1)CCNC2. The summed E-state index contributed by atoms with van der Waals surface area (Å²) in [7, 11) is 0. The van der Waals surface area contributed by atoms with Crippen LogP contribution >= 0.6 is 0 Å². The second-order valence-electron chi connectivity index (χ2n) is 5.96. The summed E-state index contributed by atoms with van der Waals surface area (Å²) in [5.41, 5.74) is 10.9. The van der Waals surface area contributed by atoms with Crippen LogP contribution in [-0.4, -0.2) is 23.7 Å². The highest BCUT2D eigenvalue weighted by Gasteiger charge is 2.09. The van der Waals surface area contributed by atoms with Gasteiger partial charge in [-0.1, -0.05) is 6.07 Å². The van der Waals surface area contributed by atoms with Gasteiger partial charge in [0.05, 0.1) is 0 Å². The molecule has 3 rings (SSSR count). The first-order valence-electron chi connectivity index (χ1n) is 8.39. The van der Waals surface area contributed by atoms with E-state index in [9.17, 15) is 4.79 Å². The Morgan fingerprint density at radius 1 is 1.31 bits per heavy atom. The van der Waals surface area contributed by atoms with Crippen molar-refractivity contribution < 1.29 is 4.79 Å². The van der Waals surface area contributed by atoms with E-state index in [2.05, 4.69) is 15.6 Å². The minimum Gasteiger partial charge on any atom is -0.404 e. The average molecular weight is 347 g/mol. The number of aromatic nitrogens is 1. The van der Waals surface area contributed by atoms with E-state index in [1.165, 1.54) is 29.6 Å². The minimum absolute atomic E-state index is 0.221. The number of anilines is 1. The van der Waals surface area contributed by atoms with E-state index in [4.69, 9.17) is 11.1 Å². The molecule has 0 aliphatic carbocycles. The first-order valence-corrected chi connectivity index (χ1v) is 8.39. The zero-order valence-electron chi connectivity index (χ0n) is 14.3. The van der Waals surface area contributed by atoms with Gasteiger partial charge < -0.3 is 21.8 Å². The predicted molar refractivity (Wildman–Crippen MR) is 105 cm³/mol. The first-order chi connectivity index (χ1) is 12.7. The van der Waals surface area contributed by atoms with Gasteiger partial charge in [-0.05, 0) is 53.9 Å². The number of nitrogens with zero attached hydrogens (tertiary/aromatic N) is 1. The number of fused-ring (bicyclic) bond motifs is 1. The van der Waals surface area contributed by atoms with Gasteiger partial charge in [0.1, 0.15) is 0 Å². The number of amides is 1. The maximum Gasteiger partial charge on any atom is 0.248 e. The Morgan fingerprint density at radius 2 is 2.19 bits per heavy atom. The third kappa shape index (κ3) is 4.04. The highest BCUT2D eigenvalue weighted by atomic mass is 16.1. The summed E-state index contributed by atoms with van der Waals surface area (Å²) >= 11 is 0. The number of nitrogens with two attached hydrogens (primary N) is 1. The maximum atomic E-state index is 12.3.